The van der Waals surface area contributed by atoms with E-state index < -0.39 is 0 Å². The molecule has 3 heteroatoms. The number of hydrogen-bond donors (Lipinski definition) is 2. The Balaban J connectivity index is 2.04. The van der Waals surface area contributed by atoms with Gasteiger partial charge in [0.05, 0.1) is 0 Å². The fourth-order valence-electron chi connectivity index (χ4n) is 2.03. The molecular weight excluding hydrogens is 248 g/mol. The van der Waals surface area contributed by atoms with Crippen LogP contribution in [0.15, 0.2) is 67.3 Å². The number of benzene rings is 2. The van der Waals surface area contributed by atoms with Crippen molar-refractivity contribution < 1.29 is 4.74 Å². The number of nitrogens with two attached hydrogens (primary N) is 1. The van der Waals surface area contributed by atoms with E-state index in [9.17, 15) is 0 Å². The monoisotopic (exact) mass is 268 g/mol. The quantitative estimate of drug-likeness (QED) is 0.460. The predicted molar refractivity (Wildman–Crippen MR) is 82.1 cm³/mol. The molecule has 2 rings (SSSR count). The molecule has 0 spiro atoms. The van der Waals surface area contributed by atoms with E-state index in [2.05, 4.69) is 12.0 Å². The second kappa shape index (κ2) is 7.48. The van der Waals surface area contributed by atoms with Gasteiger partial charge in [-0.3, -0.25) is 11.3 Å². The lowest BCUT2D eigenvalue weighted by molar-refractivity contribution is 0.305. The van der Waals surface area contributed by atoms with E-state index in [1.165, 1.54) is 0 Å². The van der Waals surface area contributed by atoms with Crippen LogP contribution in [0.2, 0.25) is 0 Å². The Morgan fingerprint density at radius 3 is 2.65 bits per heavy atom. The average molecular weight is 268 g/mol. The first-order valence-electron chi connectivity index (χ1n) is 6.67. The van der Waals surface area contributed by atoms with E-state index in [-0.39, 0.29) is 6.04 Å². The molecule has 0 heterocycles. The van der Waals surface area contributed by atoms with Crippen LogP contribution in [0.25, 0.3) is 0 Å². The van der Waals surface area contributed by atoms with Gasteiger partial charge in [-0.15, -0.1) is 6.58 Å². The third-order valence-corrected chi connectivity index (χ3v) is 3.11. The normalized spacial score (nSPS) is 11.8. The van der Waals surface area contributed by atoms with Crippen LogP contribution in [0.1, 0.15) is 23.6 Å². The predicted octanol–water partition coefficient (Wildman–Crippen LogP) is 3.35. The third kappa shape index (κ3) is 3.95. The molecule has 0 aliphatic carbocycles. The molecule has 0 amide bonds. The average Bonchev–Trinajstić information content (AvgIpc) is 2.52. The Labute approximate surface area is 120 Å². The van der Waals surface area contributed by atoms with Crippen molar-refractivity contribution in [1.82, 2.24) is 5.43 Å². The fourth-order valence-corrected chi connectivity index (χ4v) is 2.03. The van der Waals surface area contributed by atoms with E-state index in [0.29, 0.717) is 6.61 Å². The summed E-state index contributed by atoms with van der Waals surface area (Å²) in [6, 6.07) is 18.1. The van der Waals surface area contributed by atoms with Crippen molar-refractivity contribution in [2.45, 2.75) is 19.1 Å². The van der Waals surface area contributed by atoms with Crippen LogP contribution in [-0.2, 0) is 6.61 Å². The summed E-state index contributed by atoms with van der Waals surface area (Å²) in [5.41, 5.74) is 5.04. The highest BCUT2D eigenvalue weighted by molar-refractivity contribution is 5.31. The van der Waals surface area contributed by atoms with Gasteiger partial charge in [0.2, 0.25) is 0 Å². The second-order valence-electron chi connectivity index (χ2n) is 4.59. The van der Waals surface area contributed by atoms with Crippen LogP contribution < -0.4 is 16.0 Å². The summed E-state index contributed by atoms with van der Waals surface area (Å²) in [5.74, 6) is 6.41. The van der Waals surface area contributed by atoms with Crippen LogP contribution >= 0.6 is 0 Å². The van der Waals surface area contributed by atoms with Crippen LogP contribution in [-0.4, -0.2) is 0 Å². The van der Waals surface area contributed by atoms with E-state index >= 15 is 0 Å². The summed E-state index contributed by atoms with van der Waals surface area (Å²) < 4.78 is 5.81. The molecule has 3 nitrogen and oxygen atoms in total. The van der Waals surface area contributed by atoms with Crippen molar-refractivity contribution in [2.75, 3.05) is 0 Å². The Hall–Kier alpha value is -2.10. The highest BCUT2D eigenvalue weighted by Crippen LogP contribution is 2.22. The summed E-state index contributed by atoms with van der Waals surface area (Å²) >= 11 is 0. The van der Waals surface area contributed by atoms with Crippen molar-refractivity contribution >= 4 is 0 Å². The maximum atomic E-state index is 5.81. The largest absolute Gasteiger partial charge is 0.489 e. The highest BCUT2D eigenvalue weighted by atomic mass is 16.5. The molecule has 1 atom stereocenters. The lowest BCUT2D eigenvalue weighted by Crippen LogP contribution is -2.27. The fraction of sp³-hybridized carbons (Fsp3) is 0.176. The summed E-state index contributed by atoms with van der Waals surface area (Å²) in [6.07, 6.45) is 2.63. The van der Waals surface area contributed by atoms with Gasteiger partial charge in [-0.2, -0.15) is 0 Å². The molecule has 0 bridgehead atoms. The summed E-state index contributed by atoms with van der Waals surface area (Å²) in [4.78, 5) is 0. The summed E-state index contributed by atoms with van der Waals surface area (Å²) in [6.45, 7) is 4.31. The minimum absolute atomic E-state index is 0.0628. The van der Waals surface area contributed by atoms with Gasteiger partial charge in [-0.25, -0.2) is 0 Å². The third-order valence-electron chi connectivity index (χ3n) is 3.11. The molecule has 1 unspecified atom stereocenters. The number of hydrogen-bond acceptors (Lipinski definition) is 3. The molecule has 104 valence electrons. The zero-order valence-electron chi connectivity index (χ0n) is 11.5. The van der Waals surface area contributed by atoms with Gasteiger partial charge < -0.3 is 4.74 Å². The van der Waals surface area contributed by atoms with E-state index in [4.69, 9.17) is 10.6 Å². The number of ether oxygens (including phenoxy) is 1. The van der Waals surface area contributed by atoms with Gasteiger partial charge in [0, 0.05) is 6.04 Å². The minimum atomic E-state index is 0.0628. The zero-order valence-corrected chi connectivity index (χ0v) is 11.5. The van der Waals surface area contributed by atoms with Gasteiger partial charge in [-0.05, 0) is 29.7 Å². The Morgan fingerprint density at radius 1 is 1.15 bits per heavy atom. The molecule has 0 aromatic heterocycles. The number of rotatable bonds is 7. The van der Waals surface area contributed by atoms with Gasteiger partial charge >= 0.3 is 0 Å². The van der Waals surface area contributed by atoms with Crippen LogP contribution in [0.5, 0.6) is 5.75 Å². The number of hydrazine groups is 1. The molecular formula is C17H20N2O. The topological polar surface area (TPSA) is 47.3 Å². The van der Waals surface area contributed by atoms with Gasteiger partial charge in [-0.1, -0.05) is 48.5 Å². The smallest absolute Gasteiger partial charge is 0.120 e. The summed E-state index contributed by atoms with van der Waals surface area (Å²) in [7, 11) is 0. The van der Waals surface area contributed by atoms with Crippen LogP contribution in [0.4, 0.5) is 0 Å². The molecule has 0 aliphatic heterocycles. The van der Waals surface area contributed by atoms with Crippen molar-refractivity contribution in [1.29, 1.82) is 0 Å². The van der Waals surface area contributed by atoms with Crippen molar-refractivity contribution in [3.8, 4) is 5.75 Å². The molecule has 0 aliphatic rings. The molecule has 0 radical (unpaired) electrons. The van der Waals surface area contributed by atoms with Crippen molar-refractivity contribution in [2.24, 2.45) is 5.84 Å². The van der Waals surface area contributed by atoms with Gasteiger partial charge in [0.25, 0.3) is 0 Å². The Morgan fingerprint density at radius 2 is 1.95 bits per heavy atom. The van der Waals surface area contributed by atoms with Crippen molar-refractivity contribution in [3.63, 3.8) is 0 Å². The first-order valence-corrected chi connectivity index (χ1v) is 6.67. The Bertz CT molecular complexity index is 540. The highest BCUT2D eigenvalue weighted by Gasteiger charge is 2.08. The molecule has 0 saturated carbocycles. The molecule has 0 fully saturated rings. The summed E-state index contributed by atoms with van der Waals surface area (Å²) in [5, 5.41) is 0. The molecule has 0 saturated heterocycles. The first-order chi connectivity index (χ1) is 9.83. The lowest BCUT2D eigenvalue weighted by Gasteiger charge is -2.15. The standard InChI is InChI=1S/C17H20N2O/c1-2-7-17(19-18)15-10-6-11-16(12-15)20-13-14-8-4-3-5-9-14/h2-6,8-12,17,19H,1,7,13,18H2. The van der Waals surface area contributed by atoms with E-state index in [0.717, 1.165) is 23.3 Å². The first kappa shape index (κ1) is 14.3. The van der Waals surface area contributed by atoms with E-state index in [1.807, 2.05) is 60.7 Å². The lowest BCUT2D eigenvalue weighted by atomic mass is 10.0. The van der Waals surface area contributed by atoms with Crippen LogP contribution in [0, 0.1) is 0 Å². The maximum Gasteiger partial charge on any atom is 0.120 e. The molecule has 3 N–H and O–H groups in total. The molecule has 2 aromatic carbocycles. The van der Waals surface area contributed by atoms with Gasteiger partial charge in [0.1, 0.15) is 12.4 Å². The Kier molecular flexibility index (Phi) is 5.35. The van der Waals surface area contributed by atoms with E-state index in [1.54, 1.807) is 0 Å². The van der Waals surface area contributed by atoms with Gasteiger partial charge in [0.15, 0.2) is 0 Å². The maximum absolute atomic E-state index is 5.81. The zero-order chi connectivity index (χ0) is 14.2. The molecule has 20 heavy (non-hydrogen) atoms. The minimum Gasteiger partial charge on any atom is -0.489 e. The number of nitrogens with one attached hydrogen (secondary N) is 1. The molecule has 2 aromatic rings. The van der Waals surface area contributed by atoms with Crippen molar-refractivity contribution in [3.05, 3.63) is 78.4 Å². The van der Waals surface area contributed by atoms with Crippen LogP contribution in [0.3, 0.4) is 0 Å². The second-order valence-corrected chi connectivity index (χ2v) is 4.59. The SMILES string of the molecule is C=CCC(NN)c1cccc(OCc2ccccc2)c1.